The van der Waals surface area contributed by atoms with Crippen LogP contribution < -0.4 is 10.6 Å². The first-order valence-electron chi connectivity index (χ1n) is 5.12. The van der Waals surface area contributed by atoms with Crippen LogP contribution in [0, 0.1) is 0 Å². The fourth-order valence-corrected chi connectivity index (χ4v) is 1.65. The lowest BCUT2D eigenvalue weighted by atomic mass is 10.2. The number of anilines is 1. The molecule has 6 heteroatoms. The molecule has 88 valence electrons. The summed E-state index contributed by atoms with van der Waals surface area (Å²) in [5.74, 6) is 0.747. The number of nitrogens with zero attached hydrogens (tertiary/aromatic N) is 4. The van der Waals surface area contributed by atoms with Gasteiger partial charge in [0.1, 0.15) is 0 Å². The lowest BCUT2D eigenvalue weighted by Crippen LogP contribution is -2.35. The van der Waals surface area contributed by atoms with Gasteiger partial charge in [-0.25, -0.2) is 0 Å². The number of pyridine rings is 1. The zero-order valence-electron chi connectivity index (χ0n) is 9.45. The highest BCUT2D eigenvalue weighted by Crippen LogP contribution is 2.13. The maximum atomic E-state index is 5.72. The molecule has 2 heterocycles. The van der Waals surface area contributed by atoms with E-state index in [4.69, 9.17) is 18.0 Å². The Kier molecular flexibility index (Phi) is 3.34. The molecule has 0 saturated heterocycles. The van der Waals surface area contributed by atoms with Gasteiger partial charge in [-0.2, -0.15) is 5.10 Å². The van der Waals surface area contributed by atoms with E-state index >= 15 is 0 Å². The third-order valence-electron chi connectivity index (χ3n) is 2.33. The lowest BCUT2D eigenvalue weighted by molar-refractivity contribution is 0.760. The number of nitrogens with two attached hydrogens (primary N) is 1. The summed E-state index contributed by atoms with van der Waals surface area (Å²) in [7, 11) is 1.85. The first kappa shape index (κ1) is 11.5. The van der Waals surface area contributed by atoms with Crippen molar-refractivity contribution < 1.29 is 0 Å². The highest BCUT2D eigenvalue weighted by Gasteiger charge is 2.12. The Bertz CT molecular complexity index is 508. The largest absolute Gasteiger partial charge is 0.376 e. The molecule has 2 aromatic rings. The van der Waals surface area contributed by atoms with E-state index in [0.717, 1.165) is 11.4 Å². The quantitative estimate of drug-likeness (QED) is 0.822. The number of rotatable bonds is 3. The van der Waals surface area contributed by atoms with E-state index in [-0.39, 0.29) is 0 Å². The predicted octanol–water partition coefficient (Wildman–Crippen LogP) is 1.07. The van der Waals surface area contributed by atoms with Crippen LogP contribution in [-0.4, -0.2) is 19.9 Å². The Balaban J connectivity index is 2.22. The topological polar surface area (TPSA) is 60.0 Å². The Morgan fingerprint density at radius 3 is 2.65 bits per heavy atom. The van der Waals surface area contributed by atoms with Gasteiger partial charge in [0.05, 0.1) is 6.54 Å². The molecule has 0 amide bonds. The van der Waals surface area contributed by atoms with Gasteiger partial charge in [-0.05, 0) is 29.9 Å². The molecule has 0 aliphatic carbocycles. The van der Waals surface area contributed by atoms with Gasteiger partial charge in [-0.3, -0.25) is 14.6 Å². The molecule has 0 saturated carbocycles. The highest BCUT2D eigenvalue weighted by molar-refractivity contribution is 7.80. The standard InChI is InChI=1S/C11H13N5S/c1-15-7-4-10(14-15)16(11(12)17)8-9-2-5-13-6-3-9/h2-7H,8H2,1H3,(H2,12,17). The minimum absolute atomic E-state index is 0.306. The number of hydrogen-bond acceptors (Lipinski definition) is 3. The van der Waals surface area contributed by atoms with E-state index < -0.39 is 0 Å². The summed E-state index contributed by atoms with van der Waals surface area (Å²) in [4.78, 5) is 5.75. The summed E-state index contributed by atoms with van der Waals surface area (Å²) in [6.07, 6.45) is 5.34. The first-order chi connectivity index (χ1) is 8.16. The smallest absolute Gasteiger partial charge is 0.172 e. The van der Waals surface area contributed by atoms with Gasteiger partial charge in [-0.15, -0.1) is 0 Å². The van der Waals surface area contributed by atoms with Gasteiger partial charge < -0.3 is 5.73 Å². The normalized spacial score (nSPS) is 10.2. The summed E-state index contributed by atoms with van der Waals surface area (Å²) in [5.41, 5.74) is 6.80. The summed E-state index contributed by atoms with van der Waals surface area (Å²) in [6, 6.07) is 5.72. The minimum Gasteiger partial charge on any atom is -0.376 e. The van der Waals surface area contributed by atoms with Crippen molar-refractivity contribution in [3.05, 3.63) is 42.4 Å². The van der Waals surface area contributed by atoms with E-state index in [1.165, 1.54) is 0 Å². The molecule has 0 spiro atoms. The van der Waals surface area contributed by atoms with Gasteiger partial charge in [0.15, 0.2) is 10.9 Å². The molecule has 0 aromatic carbocycles. The average molecular weight is 247 g/mol. The molecule has 0 aliphatic heterocycles. The van der Waals surface area contributed by atoms with E-state index in [2.05, 4.69) is 10.1 Å². The van der Waals surface area contributed by atoms with Crippen molar-refractivity contribution in [3.63, 3.8) is 0 Å². The van der Waals surface area contributed by atoms with E-state index in [9.17, 15) is 0 Å². The molecule has 2 aromatic heterocycles. The van der Waals surface area contributed by atoms with E-state index in [1.54, 1.807) is 22.0 Å². The Morgan fingerprint density at radius 1 is 1.41 bits per heavy atom. The second-order valence-electron chi connectivity index (χ2n) is 3.63. The van der Waals surface area contributed by atoms with Crippen molar-refractivity contribution in [2.75, 3.05) is 4.90 Å². The maximum absolute atomic E-state index is 5.72. The second kappa shape index (κ2) is 4.92. The molecular formula is C11H13N5S. The summed E-state index contributed by atoms with van der Waals surface area (Å²) >= 11 is 5.05. The van der Waals surface area contributed by atoms with E-state index in [0.29, 0.717) is 11.7 Å². The average Bonchev–Trinajstić information content (AvgIpc) is 2.73. The molecule has 0 bridgehead atoms. The SMILES string of the molecule is Cn1ccc(N(Cc2ccncc2)C(N)=S)n1. The molecule has 0 aliphatic rings. The Hall–Kier alpha value is -1.95. The Morgan fingerprint density at radius 2 is 2.12 bits per heavy atom. The summed E-state index contributed by atoms with van der Waals surface area (Å²) in [6.45, 7) is 0.592. The molecule has 0 fully saturated rings. The van der Waals surface area contributed by atoms with Crippen LogP contribution in [0.4, 0.5) is 5.82 Å². The summed E-state index contributed by atoms with van der Waals surface area (Å²) in [5, 5.41) is 4.59. The molecule has 5 nitrogen and oxygen atoms in total. The second-order valence-corrected chi connectivity index (χ2v) is 4.05. The third-order valence-corrected chi connectivity index (χ3v) is 2.55. The number of thiocarbonyl (C=S) groups is 1. The molecule has 0 unspecified atom stereocenters. The number of aryl methyl sites for hydroxylation is 1. The monoisotopic (exact) mass is 247 g/mol. The van der Waals surface area contributed by atoms with Crippen molar-refractivity contribution in [1.82, 2.24) is 14.8 Å². The fraction of sp³-hybridized carbons (Fsp3) is 0.182. The van der Waals surface area contributed by atoms with Crippen LogP contribution in [-0.2, 0) is 13.6 Å². The van der Waals surface area contributed by atoms with Crippen LogP contribution in [0.2, 0.25) is 0 Å². The fourth-order valence-electron chi connectivity index (χ4n) is 1.49. The Labute approximate surface area is 105 Å². The van der Waals surface area contributed by atoms with Crippen molar-refractivity contribution in [2.24, 2.45) is 12.8 Å². The predicted molar refractivity (Wildman–Crippen MR) is 70.4 cm³/mol. The van der Waals surface area contributed by atoms with Crippen LogP contribution in [0.3, 0.4) is 0 Å². The van der Waals surface area contributed by atoms with Crippen molar-refractivity contribution in [3.8, 4) is 0 Å². The summed E-state index contributed by atoms with van der Waals surface area (Å²) < 4.78 is 1.72. The minimum atomic E-state index is 0.306. The van der Waals surface area contributed by atoms with Crippen molar-refractivity contribution >= 4 is 23.1 Å². The van der Waals surface area contributed by atoms with Crippen LogP contribution in [0.25, 0.3) is 0 Å². The molecule has 2 rings (SSSR count). The van der Waals surface area contributed by atoms with Crippen LogP contribution in [0.1, 0.15) is 5.56 Å². The molecular weight excluding hydrogens is 234 g/mol. The van der Waals surface area contributed by atoms with Gasteiger partial charge in [0.2, 0.25) is 0 Å². The van der Waals surface area contributed by atoms with Gasteiger partial charge in [0, 0.05) is 31.7 Å². The molecule has 0 atom stereocenters. The van der Waals surface area contributed by atoms with E-state index in [1.807, 2.05) is 31.4 Å². The van der Waals surface area contributed by atoms with Crippen LogP contribution in [0.5, 0.6) is 0 Å². The number of aromatic nitrogens is 3. The van der Waals surface area contributed by atoms with Crippen molar-refractivity contribution in [2.45, 2.75) is 6.54 Å². The molecule has 2 N–H and O–H groups in total. The molecule has 0 radical (unpaired) electrons. The maximum Gasteiger partial charge on any atom is 0.172 e. The zero-order valence-corrected chi connectivity index (χ0v) is 10.3. The van der Waals surface area contributed by atoms with Crippen molar-refractivity contribution in [1.29, 1.82) is 0 Å². The van der Waals surface area contributed by atoms with Gasteiger partial charge >= 0.3 is 0 Å². The third kappa shape index (κ3) is 2.79. The van der Waals surface area contributed by atoms with Crippen LogP contribution >= 0.6 is 12.2 Å². The highest BCUT2D eigenvalue weighted by atomic mass is 32.1. The van der Waals surface area contributed by atoms with Crippen LogP contribution in [0.15, 0.2) is 36.8 Å². The zero-order chi connectivity index (χ0) is 12.3. The first-order valence-corrected chi connectivity index (χ1v) is 5.53. The van der Waals surface area contributed by atoms with Gasteiger partial charge in [0.25, 0.3) is 0 Å². The van der Waals surface area contributed by atoms with Gasteiger partial charge in [-0.1, -0.05) is 0 Å². The molecule has 17 heavy (non-hydrogen) atoms. The lowest BCUT2D eigenvalue weighted by Gasteiger charge is -2.19. The number of hydrogen-bond donors (Lipinski definition) is 1.